The van der Waals surface area contributed by atoms with Crippen LogP contribution in [0.3, 0.4) is 0 Å². The van der Waals surface area contributed by atoms with Crippen LogP contribution >= 0.6 is 0 Å². The highest BCUT2D eigenvalue weighted by Crippen LogP contribution is 2.25. The van der Waals surface area contributed by atoms with E-state index in [4.69, 9.17) is 4.98 Å². The van der Waals surface area contributed by atoms with Crippen molar-refractivity contribution >= 4 is 16.8 Å². The van der Waals surface area contributed by atoms with Crippen molar-refractivity contribution < 1.29 is 9.18 Å². The number of halogens is 1. The van der Waals surface area contributed by atoms with Crippen molar-refractivity contribution in [1.29, 1.82) is 0 Å². The van der Waals surface area contributed by atoms with Gasteiger partial charge in [0.25, 0.3) is 5.56 Å². The highest BCUT2D eigenvalue weighted by atomic mass is 19.1. The largest absolute Gasteiger partial charge is 0.331 e. The third-order valence-electron chi connectivity index (χ3n) is 8.15. The number of carbonyl (C=O) groups excluding carboxylic acids is 1. The molecular weight excluding hydrogens is 503 g/mol. The maximum absolute atomic E-state index is 13.8. The van der Waals surface area contributed by atoms with Gasteiger partial charge in [0, 0.05) is 19.5 Å². The van der Waals surface area contributed by atoms with Crippen LogP contribution in [0.15, 0.2) is 53.3 Å². The number of hydrogen-bond donors (Lipinski definition) is 0. The fourth-order valence-corrected chi connectivity index (χ4v) is 5.75. The third-order valence-corrected chi connectivity index (χ3v) is 8.15. The summed E-state index contributed by atoms with van der Waals surface area (Å²) in [6.07, 6.45) is 12.2. The highest BCUT2D eigenvalue weighted by molar-refractivity contribution is 5.79. The SMILES string of the molecule is CCCCCCCCCC(=O)N(CCN1CCCCC1)C(C)c1nc2ccccc2c(=O)n1-c1ccc(F)cc1. The predicted octanol–water partition coefficient (Wildman–Crippen LogP) is 7.04. The average Bonchev–Trinajstić information content (AvgIpc) is 2.98. The molecule has 3 aromatic rings. The minimum Gasteiger partial charge on any atom is -0.331 e. The fourth-order valence-electron chi connectivity index (χ4n) is 5.75. The lowest BCUT2D eigenvalue weighted by molar-refractivity contribution is -0.134. The Morgan fingerprint density at radius 1 is 0.950 bits per heavy atom. The molecule has 1 aliphatic rings. The Kier molecular flexibility index (Phi) is 11.3. The van der Waals surface area contributed by atoms with Crippen LogP contribution in [0.5, 0.6) is 0 Å². The minimum atomic E-state index is -0.427. The number of likely N-dealkylation sites (tertiary alicyclic amines) is 1. The molecular formula is C33H45FN4O2. The van der Waals surface area contributed by atoms with Crippen LogP contribution < -0.4 is 5.56 Å². The molecule has 1 amide bonds. The Labute approximate surface area is 238 Å². The molecule has 0 radical (unpaired) electrons. The molecule has 0 spiro atoms. The van der Waals surface area contributed by atoms with Crippen molar-refractivity contribution in [2.24, 2.45) is 0 Å². The van der Waals surface area contributed by atoms with E-state index in [9.17, 15) is 14.0 Å². The van der Waals surface area contributed by atoms with Crippen LogP contribution in [0.2, 0.25) is 0 Å². The molecule has 2 heterocycles. The van der Waals surface area contributed by atoms with Crippen molar-refractivity contribution in [3.63, 3.8) is 0 Å². The molecule has 1 aliphatic heterocycles. The van der Waals surface area contributed by atoms with Crippen molar-refractivity contribution in [2.75, 3.05) is 26.2 Å². The van der Waals surface area contributed by atoms with Gasteiger partial charge in [0.1, 0.15) is 11.6 Å². The first kappa shape index (κ1) is 29.9. The van der Waals surface area contributed by atoms with Gasteiger partial charge >= 0.3 is 0 Å². The van der Waals surface area contributed by atoms with Gasteiger partial charge in [-0.05, 0) is 75.7 Å². The van der Waals surface area contributed by atoms with Crippen LogP contribution in [0.1, 0.15) is 96.3 Å². The summed E-state index contributed by atoms with van der Waals surface area (Å²) in [6.45, 7) is 7.70. The molecule has 0 N–H and O–H groups in total. The van der Waals surface area contributed by atoms with Crippen LogP contribution in [0.4, 0.5) is 4.39 Å². The van der Waals surface area contributed by atoms with E-state index in [1.54, 1.807) is 22.8 Å². The molecule has 2 aromatic carbocycles. The topological polar surface area (TPSA) is 58.4 Å². The van der Waals surface area contributed by atoms with Gasteiger partial charge in [0.15, 0.2) is 0 Å². The number of aromatic nitrogens is 2. The summed E-state index contributed by atoms with van der Waals surface area (Å²) in [7, 11) is 0. The number of fused-ring (bicyclic) bond motifs is 1. The number of amides is 1. The van der Waals surface area contributed by atoms with Gasteiger partial charge in [0.05, 0.1) is 22.6 Å². The second-order valence-corrected chi connectivity index (χ2v) is 11.1. The highest BCUT2D eigenvalue weighted by Gasteiger charge is 2.27. The Balaban J connectivity index is 1.62. The first-order valence-electron chi connectivity index (χ1n) is 15.3. The standard InChI is InChI=1S/C33H45FN4O2/c1-3-4-5-6-7-8-10-17-31(39)37(25-24-36-22-13-9-14-23-36)26(2)32-35-30-16-12-11-15-29(30)33(40)38(32)28-20-18-27(34)19-21-28/h11-12,15-16,18-21,26H,3-10,13-14,17,22-25H2,1-2H3. The summed E-state index contributed by atoms with van der Waals surface area (Å²) in [5.41, 5.74) is 0.930. The maximum atomic E-state index is 13.8. The summed E-state index contributed by atoms with van der Waals surface area (Å²) in [5.74, 6) is 0.237. The number of rotatable bonds is 14. The van der Waals surface area contributed by atoms with Crippen molar-refractivity contribution in [3.05, 3.63) is 70.5 Å². The lowest BCUT2D eigenvalue weighted by Crippen LogP contribution is -2.43. The Morgan fingerprint density at radius 3 is 2.35 bits per heavy atom. The first-order chi connectivity index (χ1) is 19.5. The minimum absolute atomic E-state index is 0.103. The summed E-state index contributed by atoms with van der Waals surface area (Å²) in [4.78, 5) is 36.8. The molecule has 0 bridgehead atoms. The second kappa shape index (κ2) is 15.1. The molecule has 6 nitrogen and oxygen atoms in total. The van der Waals surface area contributed by atoms with E-state index < -0.39 is 6.04 Å². The number of piperidine rings is 1. The van der Waals surface area contributed by atoms with Gasteiger partial charge < -0.3 is 9.80 Å². The summed E-state index contributed by atoms with van der Waals surface area (Å²) in [6, 6.07) is 12.8. The zero-order chi connectivity index (χ0) is 28.3. The van der Waals surface area contributed by atoms with Gasteiger partial charge in [-0.25, -0.2) is 9.37 Å². The molecule has 1 aromatic heterocycles. The Morgan fingerprint density at radius 2 is 1.62 bits per heavy atom. The number of para-hydroxylation sites is 1. The van der Waals surface area contributed by atoms with Gasteiger partial charge in [-0.3, -0.25) is 14.2 Å². The third kappa shape index (κ3) is 7.78. The number of benzene rings is 2. The van der Waals surface area contributed by atoms with Crippen LogP contribution in [-0.4, -0.2) is 51.4 Å². The van der Waals surface area contributed by atoms with Gasteiger partial charge in [0.2, 0.25) is 5.91 Å². The molecule has 1 saturated heterocycles. The monoisotopic (exact) mass is 548 g/mol. The molecule has 1 unspecified atom stereocenters. The van der Waals surface area contributed by atoms with Crippen LogP contribution in [0, 0.1) is 5.82 Å². The number of carbonyl (C=O) groups is 1. The fraction of sp³-hybridized carbons (Fsp3) is 0.545. The van der Waals surface area contributed by atoms with Crippen molar-refractivity contribution in [1.82, 2.24) is 19.4 Å². The molecule has 0 saturated carbocycles. The average molecular weight is 549 g/mol. The van der Waals surface area contributed by atoms with Gasteiger partial charge in [-0.15, -0.1) is 0 Å². The van der Waals surface area contributed by atoms with Crippen LogP contribution in [0.25, 0.3) is 16.6 Å². The molecule has 7 heteroatoms. The van der Waals surface area contributed by atoms with E-state index >= 15 is 0 Å². The summed E-state index contributed by atoms with van der Waals surface area (Å²) < 4.78 is 15.4. The van der Waals surface area contributed by atoms with Gasteiger partial charge in [-0.1, -0.05) is 64.0 Å². The summed E-state index contributed by atoms with van der Waals surface area (Å²) in [5, 5.41) is 0.497. The first-order valence-corrected chi connectivity index (χ1v) is 15.3. The van der Waals surface area contributed by atoms with Gasteiger partial charge in [-0.2, -0.15) is 0 Å². The number of unbranched alkanes of at least 4 members (excludes halogenated alkanes) is 6. The smallest absolute Gasteiger partial charge is 0.266 e. The van der Waals surface area contributed by atoms with E-state index in [1.807, 2.05) is 30.0 Å². The normalized spacial score (nSPS) is 14.9. The Bertz CT molecular complexity index is 1280. The molecule has 216 valence electrons. The lowest BCUT2D eigenvalue weighted by atomic mass is 10.1. The van der Waals surface area contributed by atoms with E-state index in [0.717, 1.165) is 38.9 Å². The van der Waals surface area contributed by atoms with Crippen molar-refractivity contribution in [3.8, 4) is 5.69 Å². The van der Waals surface area contributed by atoms with Crippen molar-refractivity contribution in [2.45, 2.75) is 90.5 Å². The summed E-state index contributed by atoms with van der Waals surface area (Å²) >= 11 is 0. The zero-order valence-corrected chi connectivity index (χ0v) is 24.3. The molecule has 1 atom stereocenters. The molecule has 1 fully saturated rings. The van der Waals surface area contributed by atoms with E-state index in [2.05, 4.69) is 11.8 Å². The number of hydrogen-bond acceptors (Lipinski definition) is 4. The molecule has 4 rings (SSSR count). The second-order valence-electron chi connectivity index (χ2n) is 11.1. The molecule has 0 aliphatic carbocycles. The van der Waals surface area contributed by atoms with Crippen LogP contribution in [-0.2, 0) is 4.79 Å². The Hall–Kier alpha value is -3.06. The zero-order valence-electron chi connectivity index (χ0n) is 24.3. The lowest BCUT2D eigenvalue weighted by Gasteiger charge is -2.34. The quantitative estimate of drug-likeness (QED) is 0.203. The number of nitrogens with zero attached hydrogens (tertiary/aromatic N) is 4. The predicted molar refractivity (Wildman–Crippen MR) is 160 cm³/mol. The maximum Gasteiger partial charge on any atom is 0.266 e. The molecule has 40 heavy (non-hydrogen) atoms. The van der Waals surface area contributed by atoms with E-state index in [-0.39, 0.29) is 17.3 Å². The van der Waals surface area contributed by atoms with E-state index in [0.29, 0.717) is 35.4 Å². The van der Waals surface area contributed by atoms with E-state index in [1.165, 1.54) is 57.1 Å².